The Morgan fingerprint density at radius 3 is 2.83 bits per heavy atom. The first-order valence-corrected chi connectivity index (χ1v) is 7.08. The van der Waals surface area contributed by atoms with Gasteiger partial charge in [-0.15, -0.1) is 0 Å². The molecular formula is C14H22N2OS. The van der Waals surface area contributed by atoms with Gasteiger partial charge in [0.15, 0.2) is 0 Å². The fourth-order valence-corrected chi connectivity index (χ4v) is 2.42. The minimum absolute atomic E-state index is 0.0681. The van der Waals surface area contributed by atoms with E-state index >= 15 is 0 Å². The largest absolute Gasteiger partial charge is 0.378 e. The standard InChI is InChI=1S/C14H22N2OS/c1-14(2,3)11-9-13(18)16-12(15-11)8-10-6-4-5-7-17-10/h9-10H,4-8H2,1-3H3,(H,15,16,18). The highest BCUT2D eigenvalue weighted by atomic mass is 32.1. The number of aromatic nitrogens is 2. The molecule has 0 bridgehead atoms. The van der Waals surface area contributed by atoms with Gasteiger partial charge in [0, 0.05) is 24.1 Å². The van der Waals surface area contributed by atoms with E-state index in [0.29, 0.717) is 10.7 Å². The molecule has 18 heavy (non-hydrogen) atoms. The van der Waals surface area contributed by atoms with E-state index in [9.17, 15) is 0 Å². The predicted molar refractivity (Wildman–Crippen MR) is 75.4 cm³/mol. The number of aromatic amines is 1. The number of rotatable bonds is 2. The Balaban J connectivity index is 2.17. The Labute approximate surface area is 114 Å². The van der Waals surface area contributed by atoms with Gasteiger partial charge < -0.3 is 9.72 Å². The molecule has 0 aromatic carbocycles. The van der Waals surface area contributed by atoms with E-state index in [1.165, 1.54) is 12.8 Å². The number of H-pyrrole nitrogens is 1. The molecule has 1 aromatic rings. The Bertz CT molecular complexity index is 456. The maximum absolute atomic E-state index is 5.75. The lowest BCUT2D eigenvalue weighted by Crippen LogP contribution is -2.23. The second-order valence-corrected chi connectivity index (χ2v) is 6.44. The third kappa shape index (κ3) is 3.62. The molecule has 1 aliphatic rings. The smallest absolute Gasteiger partial charge is 0.130 e. The normalized spacial score (nSPS) is 20.9. The molecule has 0 spiro atoms. The summed E-state index contributed by atoms with van der Waals surface area (Å²) in [6.45, 7) is 7.40. The fraction of sp³-hybridized carbons (Fsp3) is 0.714. The third-order valence-electron chi connectivity index (χ3n) is 3.29. The first-order valence-electron chi connectivity index (χ1n) is 6.67. The summed E-state index contributed by atoms with van der Waals surface area (Å²) < 4.78 is 6.42. The van der Waals surface area contributed by atoms with E-state index in [1.807, 2.05) is 6.07 Å². The molecule has 1 unspecified atom stereocenters. The number of nitrogens with zero attached hydrogens (tertiary/aromatic N) is 1. The molecule has 0 radical (unpaired) electrons. The zero-order chi connectivity index (χ0) is 13.2. The predicted octanol–water partition coefficient (Wildman–Crippen LogP) is 3.55. The van der Waals surface area contributed by atoms with Crippen LogP contribution in [0.4, 0.5) is 0 Å². The van der Waals surface area contributed by atoms with Crippen molar-refractivity contribution in [1.82, 2.24) is 9.97 Å². The Kier molecular flexibility index (Phi) is 4.17. The lowest BCUT2D eigenvalue weighted by atomic mass is 9.92. The van der Waals surface area contributed by atoms with Crippen LogP contribution in [0.15, 0.2) is 6.07 Å². The van der Waals surface area contributed by atoms with Crippen LogP contribution in [0.5, 0.6) is 0 Å². The van der Waals surface area contributed by atoms with Crippen LogP contribution in [-0.4, -0.2) is 22.7 Å². The van der Waals surface area contributed by atoms with Crippen LogP contribution in [0, 0.1) is 4.64 Å². The van der Waals surface area contributed by atoms with E-state index in [4.69, 9.17) is 17.0 Å². The van der Waals surface area contributed by atoms with Crippen molar-refractivity contribution in [2.45, 2.75) is 58.0 Å². The maximum Gasteiger partial charge on any atom is 0.130 e. The van der Waals surface area contributed by atoms with Gasteiger partial charge in [-0.3, -0.25) is 0 Å². The van der Waals surface area contributed by atoms with Crippen LogP contribution < -0.4 is 0 Å². The van der Waals surface area contributed by atoms with E-state index in [2.05, 4.69) is 30.7 Å². The molecule has 1 saturated heterocycles. The van der Waals surface area contributed by atoms with Crippen molar-refractivity contribution in [2.24, 2.45) is 0 Å². The maximum atomic E-state index is 5.75. The fourth-order valence-electron chi connectivity index (χ4n) is 2.19. The highest BCUT2D eigenvalue weighted by Crippen LogP contribution is 2.21. The highest BCUT2D eigenvalue weighted by molar-refractivity contribution is 7.71. The number of hydrogen-bond donors (Lipinski definition) is 1. The van der Waals surface area contributed by atoms with Crippen molar-refractivity contribution in [3.05, 3.63) is 22.2 Å². The number of hydrogen-bond acceptors (Lipinski definition) is 3. The van der Waals surface area contributed by atoms with Crippen LogP contribution >= 0.6 is 12.2 Å². The van der Waals surface area contributed by atoms with E-state index in [1.54, 1.807) is 0 Å². The Hall–Kier alpha value is -0.740. The van der Waals surface area contributed by atoms with Gasteiger partial charge in [-0.05, 0) is 25.3 Å². The molecule has 4 heteroatoms. The molecule has 3 nitrogen and oxygen atoms in total. The van der Waals surface area contributed by atoms with Gasteiger partial charge in [0.1, 0.15) is 10.5 Å². The summed E-state index contributed by atoms with van der Waals surface area (Å²) in [6.07, 6.45) is 4.70. The molecular weight excluding hydrogens is 244 g/mol. The lowest BCUT2D eigenvalue weighted by molar-refractivity contribution is 0.0156. The average Bonchev–Trinajstić information content (AvgIpc) is 2.28. The lowest BCUT2D eigenvalue weighted by Gasteiger charge is -2.23. The monoisotopic (exact) mass is 266 g/mol. The number of ether oxygens (including phenoxy) is 1. The SMILES string of the molecule is CC(C)(C)c1cc(=S)nc(CC2CCCCO2)[nH]1. The first-order chi connectivity index (χ1) is 8.45. The summed E-state index contributed by atoms with van der Waals surface area (Å²) in [5, 5.41) is 0. The van der Waals surface area contributed by atoms with Crippen LogP contribution in [0.2, 0.25) is 0 Å². The highest BCUT2D eigenvalue weighted by Gasteiger charge is 2.18. The first kappa shape index (κ1) is 13.7. The van der Waals surface area contributed by atoms with Crippen molar-refractivity contribution >= 4 is 12.2 Å². The van der Waals surface area contributed by atoms with Gasteiger partial charge in [-0.2, -0.15) is 0 Å². The van der Waals surface area contributed by atoms with Gasteiger partial charge in [0.2, 0.25) is 0 Å². The Morgan fingerprint density at radius 2 is 2.22 bits per heavy atom. The zero-order valence-corrected chi connectivity index (χ0v) is 12.3. The van der Waals surface area contributed by atoms with E-state index in [0.717, 1.165) is 31.0 Å². The van der Waals surface area contributed by atoms with Crippen LogP contribution in [0.3, 0.4) is 0 Å². The third-order valence-corrected chi connectivity index (χ3v) is 3.50. The van der Waals surface area contributed by atoms with Crippen LogP contribution in [0.25, 0.3) is 0 Å². The van der Waals surface area contributed by atoms with Gasteiger partial charge in [0.05, 0.1) is 6.10 Å². The van der Waals surface area contributed by atoms with Gasteiger partial charge >= 0.3 is 0 Å². The summed E-state index contributed by atoms with van der Waals surface area (Å²) in [6, 6.07) is 1.96. The molecule has 1 N–H and O–H groups in total. The van der Waals surface area contributed by atoms with Crippen LogP contribution in [-0.2, 0) is 16.6 Å². The van der Waals surface area contributed by atoms with Crippen molar-refractivity contribution in [1.29, 1.82) is 0 Å². The molecule has 100 valence electrons. The molecule has 2 rings (SSSR count). The molecule has 0 aliphatic carbocycles. The molecule has 1 aliphatic heterocycles. The van der Waals surface area contributed by atoms with Crippen molar-refractivity contribution in [3.63, 3.8) is 0 Å². The van der Waals surface area contributed by atoms with Crippen LogP contribution in [0.1, 0.15) is 51.6 Å². The minimum atomic E-state index is 0.0681. The molecule has 0 saturated carbocycles. The summed E-state index contributed by atoms with van der Waals surface area (Å²) in [5.74, 6) is 0.958. The molecule has 2 heterocycles. The zero-order valence-electron chi connectivity index (χ0n) is 11.5. The molecule has 1 aromatic heterocycles. The molecule has 0 amide bonds. The topological polar surface area (TPSA) is 37.9 Å². The summed E-state index contributed by atoms with van der Waals surface area (Å²) in [5.41, 5.74) is 1.21. The van der Waals surface area contributed by atoms with Crippen molar-refractivity contribution < 1.29 is 4.74 Å². The second-order valence-electron chi connectivity index (χ2n) is 6.02. The van der Waals surface area contributed by atoms with Crippen molar-refractivity contribution in [2.75, 3.05) is 6.61 Å². The average molecular weight is 266 g/mol. The van der Waals surface area contributed by atoms with Gasteiger partial charge in [-0.1, -0.05) is 33.0 Å². The summed E-state index contributed by atoms with van der Waals surface area (Å²) >= 11 is 5.25. The van der Waals surface area contributed by atoms with Crippen molar-refractivity contribution in [3.8, 4) is 0 Å². The summed E-state index contributed by atoms with van der Waals surface area (Å²) in [7, 11) is 0. The quantitative estimate of drug-likeness (QED) is 0.832. The Morgan fingerprint density at radius 1 is 1.44 bits per heavy atom. The number of nitrogens with one attached hydrogen (secondary N) is 1. The second kappa shape index (κ2) is 5.49. The molecule has 1 atom stereocenters. The van der Waals surface area contributed by atoms with E-state index < -0.39 is 0 Å². The molecule has 1 fully saturated rings. The minimum Gasteiger partial charge on any atom is -0.378 e. The van der Waals surface area contributed by atoms with E-state index in [-0.39, 0.29) is 5.41 Å². The van der Waals surface area contributed by atoms with Gasteiger partial charge in [0.25, 0.3) is 0 Å². The summed E-state index contributed by atoms with van der Waals surface area (Å²) in [4.78, 5) is 7.84. The van der Waals surface area contributed by atoms with Gasteiger partial charge in [-0.25, -0.2) is 4.98 Å².